The molecule has 0 rings (SSSR count). The highest BCUT2D eigenvalue weighted by Crippen LogP contribution is 2.15. The van der Waals surface area contributed by atoms with Gasteiger partial charge in [-0.15, -0.1) is 0 Å². The number of ether oxygens (including phenoxy) is 1. The molecule has 0 saturated heterocycles. The van der Waals surface area contributed by atoms with Crippen LogP contribution in [0.1, 0.15) is 142 Å². The van der Waals surface area contributed by atoms with Crippen LogP contribution in [0.3, 0.4) is 0 Å². The molecule has 168 valence electrons. The summed E-state index contributed by atoms with van der Waals surface area (Å²) >= 11 is 0. The van der Waals surface area contributed by atoms with Gasteiger partial charge in [0.05, 0.1) is 13.2 Å². The van der Waals surface area contributed by atoms with Crippen LogP contribution in [0, 0.1) is 0 Å². The Kier molecular flexibility index (Phi) is 22.3. The third kappa shape index (κ3) is 21.7. The van der Waals surface area contributed by atoms with E-state index >= 15 is 0 Å². The first-order valence-corrected chi connectivity index (χ1v) is 12.5. The van der Waals surface area contributed by atoms with Gasteiger partial charge in [0.1, 0.15) is 0 Å². The van der Waals surface area contributed by atoms with Crippen molar-refractivity contribution in [2.24, 2.45) is 0 Å². The van der Waals surface area contributed by atoms with Crippen molar-refractivity contribution in [1.82, 2.24) is 0 Å². The molecule has 3 heteroatoms. The van der Waals surface area contributed by atoms with E-state index in [-0.39, 0.29) is 12.1 Å². The SMILES string of the molecule is CCCCCCC(O)CCCCCCCCCCCCCCCCC(=O)OC. The van der Waals surface area contributed by atoms with E-state index in [2.05, 4.69) is 11.7 Å². The Balaban J connectivity index is 3.11. The first-order valence-electron chi connectivity index (χ1n) is 12.5. The molecule has 0 radical (unpaired) electrons. The van der Waals surface area contributed by atoms with Crippen molar-refractivity contribution in [3.05, 3.63) is 0 Å². The molecule has 0 aliphatic carbocycles. The maximum absolute atomic E-state index is 11.0. The lowest BCUT2D eigenvalue weighted by atomic mass is 10.0. The molecule has 1 unspecified atom stereocenters. The summed E-state index contributed by atoms with van der Waals surface area (Å²) in [7, 11) is 1.46. The van der Waals surface area contributed by atoms with Crippen LogP contribution in [-0.2, 0) is 9.53 Å². The van der Waals surface area contributed by atoms with Gasteiger partial charge >= 0.3 is 5.97 Å². The molecule has 0 aromatic carbocycles. The Morgan fingerprint density at radius 1 is 0.643 bits per heavy atom. The summed E-state index contributed by atoms with van der Waals surface area (Å²) in [6, 6.07) is 0. The molecule has 0 aliphatic heterocycles. The molecule has 0 bridgehead atoms. The number of unbranched alkanes of at least 4 members (excludes halogenated alkanes) is 16. The topological polar surface area (TPSA) is 46.5 Å². The lowest BCUT2D eigenvalue weighted by Gasteiger charge is -2.10. The van der Waals surface area contributed by atoms with Crippen LogP contribution in [0.25, 0.3) is 0 Å². The van der Waals surface area contributed by atoms with Crippen molar-refractivity contribution >= 4 is 5.97 Å². The number of carbonyl (C=O) groups is 1. The highest BCUT2D eigenvalue weighted by Gasteiger charge is 2.03. The summed E-state index contributed by atoms with van der Waals surface area (Å²) in [4.78, 5) is 11.0. The van der Waals surface area contributed by atoms with Gasteiger partial charge < -0.3 is 9.84 Å². The van der Waals surface area contributed by atoms with Crippen molar-refractivity contribution in [2.45, 2.75) is 148 Å². The molecule has 0 heterocycles. The molecule has 0 aliphatic rings. The van der Waals surface area contributed by atoms with E-state index in [0.717, 1.165) is 25.7 Å². The molecule has 1 atom stereocenters. The van der Waals surface area contributed by atoms with Gasteiger partial charge in [0.15, 0.2) is 0 Å². The summed E-state index contributed by atoms with van der Waals surface area (Å²) in [5, 5.41) is 9.97. The average Bonchev–Trinajstić information content (AvgIpc) is 2.70. The van der Waals surface area contributed by atoms with Crippen molar-refractivity contribution in [2.75, 3.05) is 7.11 Å². The zero-order valence-electron chi connectivity index (χ0n) is 19.2. The number of hydrogen-bond acceptors (Lipinski definition) is 3. The number of hydrogen-bond donors (Lipinski definition) is 1. The lowest BCUT2D eigenvalue weighted by Crippen LogP contribution is -2.05. The molecule has 0 fully saturated rings. The number of methoxy groups -OCH3 is 1. The van der Waals surface area contributed by atoms with Gasteiger partial charge in [-0.2, -0.15) is 0 Å². The number of aliphatic hydroxyl groups excluding tert-OH is 1. The van der Waals surface area contributed by atoms with Gasteiger partial charge in [0, 0.05) is 6.42 Å². The largest absolute Gasteiger partial charge is 0.469 e. The number of aliphatic hydroxyl groups is 1. The third-order valence-electron chi connectivity index (χ3n) is 5.79. The normalized spacial score (nSPS) is 12.2. The van der Waals surface area contributed by atoms with Gasteiger partial charge in [0.2, 0.25) is 0 Å². The van der Waals surface area contributed by atoms with E-state index < -0.39 is 0 Å². The first kappa shape index (κ1) is 27.4. The van der Waals surface area contributed by atoms with Crippen molar-refractivity contribution in [3.63, 3.8) is 0 Å². The Morgan fingerprint density at radius 2 is 1.00 bits per heavy atom. The molecular weight excluding hydrogens is 348 g/mol. The Hall–Kier alpha value is -0.570. The number of carbonyl (C=O) groups excluding carboxylic acids is 1. The molecule has 0 saturated carbocycles. The van der Waals surface area contributed by atoms with E-state index in [1.165, 1.54) is 110 Å². The smallest absolute Gasteiger partial charge is 0.305 e. The fourth-order valence-electron chi connectivity index (χ4n) is 3.82. The maximum Gasteiger partial charge on any atom is 0.305 e. The highest BCUT2D eigenvalue weighted by molar-refractivity contribution is 5.68. The molecule has 0 aromatic heterocycles. The minimum Gasteiger partial charge on any atom is -0.469 e. The van der Waals surface area contributed by atoms with Gasteiger partial charge in [-0.05, 0) is 19.3 Å². The fourth-order valence-corrected chi connectivity index (χ4v) is 3.82. The fraction of sp³-hybridized carbons (Fsp3) is 0.960. The molecule has 3 nitrogen and oxygen atoms in total. The van der Waals surface area contributed by atoms with E-state index in [0.29, 0.717) is 6.42 Å². The second-order valence-electron chi connectivity index (χ2n) is 8.57. The van der Waals surface area contributed by atoms with Gasteiger partial charge in [-0.3, -0.25) is 4.79 Å². The lowest BCUT2D eigenvalue weighted by molar-refractivity contribution is -0.140. The van der Waals surface area contributed by atoms with Crippen molar-refractivity contribution in [1.29, 1.82) is 0 Å². The molecule has 28 heavy (non-hydrogen) atoms. The first-order chi connectivity index (χ1) is 13.7. The van der Waals surface area contributed by atoms with Crippen molar-refractivity contribution < 1.29 is 14.6 Å². The molecular formula is C25H50O3. The van der Waals surface area contributed by atoms with Crippen LogP contribution in [-0.4, -0.2) is 24.3 Å². The maximum atomic E-state index is 11.0. The third-order valence-corrected chi connectivity index (χ3v) is 5.79. The summed E-state index contributed by atoms with van der Waals surface area (Å²) < 4.78 is 4.65. The second kappa shape index (κ2) is 22.7. The Morgan fingerprint density at radius 3 is 1.39 bits per heavy atom. The van der Waals surface area contributed by atoms with E-state index in [1.54, 1.807) is 0 Å². The molecule has 0 amide bonds. The Bertz CT molecular complexity index is 317. The molecule has 0 spiro atoms. The average molecular weight is 399 g/mol. The number of rotatable bonds is 22. The minimum absolute atomic E-state index is 0.0512. The predicted molar refractivity (Wildman–Crippen MR) is 121 cm³/mol. The van der Waals surface area contributed by atoms with E-state index in [9.17, 15) is 9.90 Å². The quantitative estimate of drug-likeness (QED) is 0.150. The van der Waals surface area contributed by atoms with Crippen LogP contribution < -0.4 is 0 Å². The number of esters is 1. The monoisotopic (exact) mass is 398 g/mol. The summed E-state index contributed by atoms with van der Waals surface area (Å²) in [5.41, 5.74) is 0. The zero-order chi connectivity index (χ0) is 20.7. The van der Waals surface area contributed by atoms with Crippen molar-refractivity contribution in [3.8, 4) is 0 Å². The molecule has 0 aromatic rings. The summed E-state index contributed by atoms with van der Waals surface area (Å²) in [5.74, 6) is -0.0737. The summed E-state index contributed by atoms with van der Waals surface area (Å²) in [6.07, 6.45) is 25.8. The van der Waals surface area contributed by atoms with Crippen LogP contribution in [0.4, 0.5) is 0 Å². The summed E-state index contributed by atoms with van der Waals surface area (Å²) in [6.45, 7) is 2.23. The van der Waals surface area contributed by atoms with Crippen LogP contribution in [0.2, 0.25) is 0 Å². The Labute approximate surface area is 176 Å². The molecule has 1 N–H and O–H groups in total. The second-order valence-corrected chi connectivity index (χ2v) is 8.57. The van der Waals surface area contributed by atoms with Gasteiger partial charge in [-0.1, -0.05) is 116 Å². The van der Waals surface area contributed by atoms with Gasteiger partial charge in [-0.25, -0.2) is 0 Å². The van der Waals surface area contributed by atoms with Crippen LogP contribution >= 0.6 is 0 Å². The van der Waals surface area contributed by atoms with Gasteiger partial charge in [0.25, 0.3) is 0 Å². The zero-order valence-corrected chi connectivity index (χ0v) is 19.2. The van der Waals surface area contributed by atoms with Crippen LogP contribution in [0.5, 0.6) is 0 Å². The standard InChI is InChI=1S/C25H50O3/c1-3-4-5-18-21-24(26)22-19-16-14-12-10-8-6-7-9-11-13-15-17-20-23-25(27)28-2/h24,26H,3-23H2,1-2H3. The van der Waals surface area contributed by atoms with E-state index in [1.807, 2.05) is 0 Å². The minimum atomic E-state index is -0.0737. The highest BCUT2D eigenvalue weighted by atomic mass is 16.5. The van der Waals surface area contributed by atoms with Crippen LogP contribution in [0.15, 0.2) is 0 Å². The predicted octanol–water partition coefficient (Wildman–Crippen LogP) is 7.73. The van der Waals surface area contributed by atoms with E-state index in [4.69, 9.17) is 0 Å².